The van der Waals surface area contributed by atoms with Crippen LogP contribution in [0.2, 0.25) is 0 Å². The summed E-state index contributed by atoms with van der Waals surface area (Å²) in [6.07, 6.45) is 0.500. The van der Waals surface area contributed by atoms with Gasteiger partial charge in [-0.3, -0.25) is 14.4 Å². The van der Waals surface area contributed by atoms with Crippen LogP contribution in [-0.2, 0) is 25.7 Å². The number of hydrogen-bond acceptors (Lipinski definition) is 5. The van der Waals surface area contributed by atoms with Crippen LogP contribution in [0.4, 0.5) is 10.5 Å². The third kappa shape index (κ3) is 6.84. The molecule has 9 heteroatoms. The second-order valence-electron chi connectivity index (χ2n) is 8.95. The summed E-state index contributed by atoms with van der Waals surface area (Å²) in [7, 11) is 0. The summed E-state index contributed by atoms with van der Waals surface area (Å²) in [6, 6.07) is 21.2. The Labute approximate surface area is 215 Å². The maximum atomic E-state index is 13.0. The molecule has 1 aliphatic rings. The van der Waals surface area contributed by atoms with Crippen molar-refractivity contribution in [2.75, 3.05) is 18.4 Å². The summed E-state index contributed by atoms with van der Waals surface area (Å²) >= 11 is 0. The zero-order valence-corrected chi connectivity index (χ0v) is 20.6. The molecule has 1 heterocycles. The number of nitrogens with zero attached hydrogens (tertiary/aromatic N) is 1. The molecule has 1 saturated heterocycles. The minimum absolute atomic E-state index is 0.0841. The number of amides is 4. The summed E-state index contributed by atoms with van der Waals surface area (Å²) < 4.78 is 5.08. The molecule has 1 aliphatic heterocycles. The molecule has 9 nitrogen and oxygen atoms in total. The number of fused-ring (bicyclic) bond motifs is 1. The monoisotopic (exact) mass is 502 g/mol. The van der Waals surface area contributed by atoms with Gasteiger partial charge in [-0.05, 0) is 48.2 Å². The molecule has 0 saturated carbocycles. The molecule has 192 valence electrons. The van der Waals surface area contributed by atoms with E-state index in [1.165, 1.54) is 4.90 Å². The highest BCUT2D eigenvalue weighted by atomic mass is 16.5. The maximum absolute atomic E-state index is 13.0. The summed E-state index contributed by atoms with van der Waals surface area (Å²) in [4.78, 5) is 51.7. The maximum Gasteiger partial charge on any atom is 0.407 e. The molecule has 0 aromatic heterocycles. The van der Waals surface area contributed by atoms with Gasteiger partial charge in [0.25, 0.3) is 0 Å². The van der Waals surface area contributed by atoms with E-state index in [4.69, 9.17) is 4.74 Å². The standard InChI is InChI=1S/C28H30N4O5/c1-19(30-25(33)17-29-28(36)37-18-20-8-3-2-4-9-20)27(35)32-15-7-12-24(32)26(34)31-23-14-13-21-10-5-6-11-22(21)16-23/h2-6,8-11,13-14,16,19,24H,7,12,15,17-18H2,1H3,(H,29,36)(H,30,33)(H,31,34)/t19-,24-/m0/s1. The highest BCUT2D eigenvalue weighted by Crippen LogP contribution is 2.22. The summed E-state index contributed by atoms with van der Waals surface area (Å²) in [6.45, 7) is 1.74. The molecule has 37 heavy (non-hydrogen) atoms. The topological polar surface area (TPSA) is 117 Å². The Kier molecular flexibility index (Phi) is 8.35. The smallest absolute Gasteiger partial charge is 0.407 e. The van der Waals surface area contributed by atoms with Crippen LogP contribution in [0.5, 0.6) is 0 Å². The van der Waals surface area contributed by atoms with Crippen molar-refractivity contribution in [2.45, 2.75) is 38.5 Å². The van der Waals surface area contributed by atoms with Crippen molar-refractivity contribution in [3.63, 3.8) is 0 Å². The molecule has 4 rings (SSSR count). The van der Waals surface area contributed by atoms with Crippen LogP contribution in [0.15, 0.2) is 72.8 Å². The van der Waals surface area contributed by atoms with Gasteiger partial charge in [-0.1, -0.05) is 60.7 Å². The number of carbonyl (C=O) groups excluding carboxylic acids is 4. The quantitative estimate of drug-likeness (QED) is 0.437. The van der Waals surface area contributed by atoms with E-state index in [2.05, 4.69) is 16.0 Å². The number of hydrogen-bond donors (Lipinski definition) is 3. The van der Waals surface area contributed by atoms with Crippen molar-refractivity contribution in [3.05, 3.63) is 78.4 Å². The SMILES string of the molecule is C[C@H](NC(=O)CNC(=O)OCc1ccccc1)C(=O)N1CCC[C@H]1C(=O)Nc1ccc2ccccc2c1. The van der Waals surface area contributed by atoms with E-state index in [1.807, 2.05) is 72.8 Å². The lowest BCUT2D eigenvalue weighted by molar-refractivity contribution is -0.139. The molecule has 3 aromatic carbocycles. The van der Waals surface area contributed by atoms with Crippen LogP contribution in [-0.4, -0.2) is 53.9 Å². The zero-order valence-electron chi connectivity index (χ0n) is 20.6. The normalized spacial score (nSPS) is 15.6. The van der Waals surface area contributed by atoms with Crippen molar-refractivity contribution in [2.24, 2.45) is 0 Å². The van der Waals surface area contributed by atoms with Crippen LogP contribution < -0.4 is 16.0 Å². The van der Waals surface area contributed by atoms with Crippen LogP contribution in [0.1, 0.15) is 25.3 Å². The summed E-state index contributed by atoms with van der Waals surface area (Å²) in [5, 5.41) is 9.95. The van der Waals surface area contributed by atoms with Gasteiger partial charge in [-0.25, -0.2) is 4.79 Å². The summed E-state index contributed by atoms with van der Waals surface area (Å²) in [5.74, 6) is -1.15. The molecule has 2 atom stereocenters. The Bertz CT molecular complexity index is 1280. The van der Waals surface area contributed by atoms with E-state index in [0.717, 1.165) is 16.3 Å². The Morgan fingerprint density at radius 3 is 2.49 bits per heavy atom. The van der Waals surface area contributed by atoms with E-state index < -0.39 is 24.1 Å². The number of alkyl carbamates (subject to hydrolysis) is 1. The van der Waals surface area contributed by atoms with Crippen LogP contribution >= 0.6 is 0 Å². The molecule has 0 radical (unpaired) electrons. The molecule has 1 fully saturated rings. The number of carbonyl (C=O) groups is 4. The van der Waals surface area contributed by atoms with Gasteiger partial charge >= 0.3 is 6.09 Å². The van der Waals surface area contributed by atoms with Crippen molar-refractivity contribution in [1.29, 1.82) is 0 Å². The molecular formula is C28H30N4O5. The van der Waals surface area contributed by atoms with Gasteiger partial charge in [0.05, 0.1) is 0 Å². The first-order valence-electron chi connectivity index (χ1n) is 12.2. The molecule has 4 amide bonds. The van der Waals surface area contributed by atoms with E-state index in [0.29, 0.717) is 25.1 Å². The van der Waals surface area contributed by atoms with E-state index in [1.54, 1.807) is 6.92 Å². The highest BCUT2D eigenvalue weighted by molar-refractivity contribution is 6.00. The third-order valence-electron chi connectivity index (χ3n) is 6.21. The van der Waals surface area contributed by atoms with E-state index >= 15 is 0 Å². The fourth-order valence-corrected chi connectivity index (χ4v) is 4.33. The number of benzene rings is 3. The fourth-order valence-electron chi connectivity index (χ4n) is 4.33. The fraction of sp³-hybridized carbons (Fsp3) is 0.286. The van der Waals surface area contributed by atoms with E-state index in [-0.39, 0.29) is 25.0 Å². The minimum Gasteiger partial charge on any atom is -0.445 e. The largest absolute Gasteiger partial charge is 0.445 e. The summed E-state index contributed by atoms with van der Waals surface area (Å²) in [5.41, 5.74) is 1.49. The first-order valence-corrected chi connectivity index (χ1v) is 12.2. The van der Waals surface area contributed by atoms with Gasteiger partial charge in [0, 0.05) is 12.2 Å². The minimum atomic E-state index is -0.858. The van der Waals surface area contributed by atoms with Crippen molar-refractivity contribution < 1.29 is 23.9 Å². The third-order valence-corrected chi connectivity index (χ3v) is 6.21. The molecule has 0 bridgehead atoms. The average molecular weight is 503 g/mol. The van der Waals surface area contributed by atoms with Crippen LogP contribution in [0.25, 0.3) is 10.8 Å². The van der Waals surface area contributed by atoms with Crippen molar-refractivity contribution in [1.82, 2.24) is 15.5 Å². The molecule has 0 aliphatic carbocycles. The van der Waals surface area contributed by atoms with Gasteiger partial charge in [0.1, 0.15) is 25.2 Å². The van der Waals surface area contributed by atoms with Crippen molar-refractivity contribution >= 4 is 40.3 Å². The second-order valence-corrected chi connectivity index (χ2v) is 8.95. The number of ether oxygens (including phenoxy) is 1. The number of rotatable bonds is 8. The van der Waals surface area contributed by atoms with Gasteiger partial charge < -0.3 is 25.6 Å². The zero-order chi connectivity index (χ0) is 26.2. The van der Waals surface area contributed by atoms with Crippen LogP contribution in [0.3, 0.4) is 0 Å². The molecule has 0 unspecified atom stereocenters. The van der Waals surface area contributed by atoms with Crippen LogP contribution in [0, 0.1) is 0 Å². The lowest BCUT2D eigenvalue weighted by Crippen LogP contribution is -2.52. The average Bonchev–Trinajstić information content (AvgIpc) is 3.41. The van der Waals surface area contributed by atoms with Gasteiger partial charge in [-0.2, -0.15) is 0 Å². The first-order chi connectivity index (χ1) is 17.9. The Morgan fingerprint density at radius 2 is 1.70 bits per heavy atom. The Morgan fingerprint density at radius 1 is 0.973 bits per heavy atom. The van der Waals surface area contributed by atoms with E-state index in [9.17, 15) is 19.2 Å². The van der Waals surface area contributed by atoms with Gasteiger partial charge in [0.2, 0.25) is 17.7 Å². The van der Waals surface area contributed by atoms with Gasteiger partial charge in [-0.15, -0.1) is 0 Å². The predicted molar refractivity (Wildman–Crippen MR) is 140 cm³/mol. The molecule has 3 N–H and O–H groups in total. The van der Waals surface area contributed by atoms with Crippen molar-refractivity contribution in [3.8, 4) is 0 Å². The lowest BCUT2D eigenvalue weighted by Gasteiger charge is -2.27. The number of anilines is 1. The molecule has 0 spiro atoms. The second kappa shape index (κ2) is 12.0. The number of likely N-dealkylation sites (tertiary alicyclic amines) is 1. The Hall–Kier alpha value is -4.40. The molecular weight excluding hydrogens is 472 g/mol. The highest BCUT2D eigenvalue weighted by Gasteiger charge is 2.36. The predicted octanol–water partition coefficient (Wildman–Crippen LogP) is 3.20. The number of nitrogens with one attached hydrogen (secondary N) is 3. The molecule has 3 aromatic rings. The first kappa shape index (κ1) is 25.7. The lowest BCUT2D eigenvalue weighted by atomic mass is 10.1. The van der Waals surface area contributed by atoms with Gasteiger partial charge in [0.15, 0.2) is 0 Å². The Balaban J connectivity index is 1.25.